The van der Waals surface area contributed by atoms with Crippen molar-refractivity contribution in [3.63, 3.8) is 0 Å². The lowest BCUT2D eigenvalue weighted by atomic mass is 10.2. The average molecular weight is 404 g/mol. The number of methoxy groups -OCH3 is 2. The van der Waals surface area contributed by atoms with Crippen LogP contribution in [0.4, 0.5) is 0 Å². The largest absolute Gasteiger partial charge is 0.493 e. The summed E-state index contributed by atoms with van der Waals surface area (Å²) in [6.07, 6.45) is 0. The Morgan fingerprint density at radius 1 is 1.07 bits per heavy atom. The van der Waals surface area contributed by atoms with Crippen LogP contribution in [0.1, 0.15) is 5.56 Å². The van der Waals surface area contributed by atoms with Crippen molar-refractivity contribution in [3.8, 4) is 11.5 Å². The number of fused-ring (bicyclic) bond motifs is 1. The number of amides is 1. The Kier molecular flexibility index (Phi) is 5.41. The molecule has 3 aromatic rings. The van der Waals surface area contributed by atoms with Gasteiger partial charge in [0.05, 0.1) is 31.7 Å². The molecule has 0 fully saturated rings. The summed E-state index contributed by atoms with van der Waals surface area (Å²) in [5.74, 6) is -0.0855. The Hall–Kier alpha value is -3.26. The van der Waals surface area contributed by atoms with Gasteiger partial charge >= 0.3 is 5.69 Å². The van der Waals surface area contributed by atoms with Crippen LogP contribution in [-0.4, -0.2) is 29.3 Å². The lowest BCUT2D eigenvalue weighted by molar-refractivity contribution is -0.118. The van der Waals surface area contributed by atoms with Crippen LogP contribution in [-0.2, 0) is 17.9 Å². The van der Waals surface area contributed by atoms with Gasteiger partial charge in [0, 0.05) is 11.1 Å². The molecule has 1 heterocycles. The van der Waals surface area contributed by atoms with Crippen LogP contribution >= 0.6 is 11.6 Å². The zero-order valence-corrected chi connectivity index (χ0v) is 16.0. The molecule has 3 rings (SSSR count). The quantitative estimate of drug-likeness (QED) is 0.669. The molecule has 2 N–H and O–H groups in total. The number of aromatic nitrogens is 2. The predicted octanol–water partition coefficient (Wildman–Crippen LogP) is 1.37. The number of carbonyl (C=O) groups excluding carboxylic acids is 1. The second-order valence-corrected chi connectivity index (χ2v) is 6.45. The highest BCUT2D eigenvalue weighted by Gasteiger charge is 2.18. The molecule has 0 radical (unpaired) electrons. The van der Waals surface area contributed by atoms with Gasteiger partial charge in [0.1, 0.15) is 6.54 Å². The minimum atomic E-state index is -0.721. The number of primary amides is 1. The van der Waals surface area contributed by atoms with E-state index in [0.717, 1.165) is 9.13 Å². The molecular formula is C19H18ClN3O5. The van der Waals surface area contributed by atoms with Gasteiger partial charge in [0.2, 0.25) is 5.91 Å². The molecule has 0 saturated heterocycles. The molecule has 1 amide bonds. The lowest BCUT2D eigenvalue weighted by Gasteiger charge is -2.16. The second-order valence-electron chi connectivity index (χ2n) is 6.04. The summed E-state index contributed by atoms with van der Waals surface area (Å²) in [6.45, 7) is -0.450. The van der Waals surface area contributed by atoms with Gasteiger partial charge < -0.3 is 15.2 Å². The molecule has 28 heavy (non-hydrogen) atoms. The number of nitrogens with two attached hydrogens (primary N) is 1. The summed E-state index contributed by atoms with van der Waals surface area (Å²) in [5, 5.41) is 0.605. The minimum absolute atomic E-state index is 0.0552. The van der Waals surface area contributed by atoms with E-state index in [1.807, 2.05) is 0 Å². The third kappa shape index (κ3) is 3.46. The predicted molar refractivity (Wildman–Crippen MR) is 105 cm³/mol. The van der Waals surface area contributed by atoms with Crippen molar-refractivity contribution in [2.75, 3.05) is 14.2 Å². The minimum Gasteiger partial charge on any atom is -0.493 e. The molecule has 1 aromatic heterocycles. The number of benzene rings is 2. The zero-order valence-electron chi connectivity index (χ0n) is 15.3. The summed E-state index contributed by atoms with van der Waals surface area (Å²) in [5.41, 5.74) is 4.91. The van der Waals surface area contributed by atoms with E-state index in [1.54, 1.807) is 24.3 Å². The maximum atomic E-state index is 13.1. The number of ether oxygens (including phenoxy) is 2. The molecule has 2 aromatic carbocycles. The van der Waals surface area contributed by atoms with Crippen molar-refractivity contribution < 1.29 is 14.3 Å². The summed E-state index contributed by atoms with van der Waals surface area (Å²) in [7, 11) is 2.87. The summed E-state index contributed by atoms with van der Waals surface area (Å²) < 4.78 is 12.6. The summed E-state index contributed by atoms with van der Waals surface area (Å²) in [4.78, 5) is 37.6. The fourth-order valence-electron chi connectivity index (χ4n) is 2.99. The van der Waals surface area contributed by atoms with E-state index in [-0.39, 0.29) is 17.4 Å². The molecular weight excluding hydrogens is 386 g/mol. The first-order valence-corrected chi connectivity index (χ1v) is 8.66. The Morgan fingerprint density at radius 2 is 1.71 bits per heavy atom. The van der Waals surface area contributed by atoms with E-state index in [9.17, 15) is 14.4 Å². The molecule has 0 aliphatic heterocycles. The third-order valence-electron chi connectivity index (χ3n) is 4.33. The van der Waals surface area contributed by atoms with E-state index in [2.05, 4.69) is 0 Å². The molecule has 0 spiro atoms. The van der Waals surface area contributed by atoms with Gasteiger partial charge in [-0.3, -0.25) is 18.7 Å². The van der Waals surface area contributed by atoms with Crippen molar-refractivity contribution in [2.45, 2.75) is 13.1 Å². The van der Waals surface area contributed by atoms with E-state index < -0.39 is 23.7 Å². The Balaban J connectivity index is 2.36. The number of halogens is 1. The number of hydrogen-bond acceptors (Lipinski definition) is 5. The van der Waals surface area contributed by atoms with Gasteiger partial charge in [0.15, 0.2) is 11.5 Å². The van der Waals surface area contributed by atoms with E-state index in [4.69, 9.17) is 26.8 Å². The van der Waals surface area contributed by atoms with Crippen molar-refractivity contribution in [3.05, 3.63) is 67.8 Å². The summed E-state index contributed by atoms with van der Waals surface area (Å²) >= 11 is 6.17. The van der Waals surface area contributed by atoms with Crippen LogP contribution in [0.3, 0.4) is 0 Å². The van der Waals surface area contributed by atoms with Gasteiger partial charge in [-0.15, -0.1) is 0 Å². The van der Waals surface area contributed by atoms with Crippen molar-refractivity contribution in [1.82, 2.24) is 9.13 Å². The van der Waals surface area contributed by atoms with Crippen molar-refractivity contribution >= 4 is 28.4 Å². The lowest BCUT2D eigenvalue weighted by Crippen LogP contribution is -2.42. The maximum Gasteiger partial charge on any atom is 0.332 e. The number of carbonyl (C=O) groups is 1. The average Bonchev–Trinajstić information content (AvgIpc) is 2.68. The van der Waals surface area contributed by atoms with Crippen molar-refractivity contribution in [1.29, 1.82) is 0 Å². The first-order valence-electron chi connectivity index (χ1n) is 8.28. The van der Waals surface area contributed by atoms with Crippen molar-refractivity contribution in [2.24, 2.45) is 5.73 Å². The number of nitrogens with zero attached hydrogens (tertiary/aromatic N) is 2. The van der Waals surface area contributed by atoms with Gasteiger partial charge in [-0.1, -0.05) is 29.8 Å². The zero-order chi connectivity index (χ0) is 20.4. The van der Waals surface area contributed by atoms with Gasteiger partial charge in [-0.25, -0.2) is 4.79 Å². The molecule has 0 atom stereocenters. The van der Waals surface area contributed by atoms with Gasteiger partial charge in [0.25, 0.3) is 5.56 Å². The highest BCUT2D eigenvalue weighted by molar-refractivity contribution is 6.31. The van der Waals surface area contributed by atoms with Crippen LogP contribution in [0, 0.1) is 0 Å². The highest BCUT2D eigenvalue weighted by atomic mass is 35.5. The first-order chi connectivity index (χ1) is 13.4. The Labute approximate surface area is 164 Å². The molecule has 146 valence electrons. The normalized spacial score (nSPS) is 10.8. The standard InChI is InChI=1S/C19H18ClN3O5/c1-27-15-7-12-14(8-16(15)28-2)22(10-17(21)24)19(26)23(18(12)25)9-11-5-3-4-6-13(11)20/h3-8H,9-10H2,1-2H3,(H2,21,24). The number of hydrogen-bond donors (Lipinski definition) is 1. The molecule has 9 heteroatoms. The molecule has 8 nitrogen and oxygen atoms in total. The van der Waals surface area contributed by atoms with Crippen LogP contribution in [0.25, 0.3) is 10.9 Å². The molecule has 0 aliphatic rings. The van der Waals surface area contributed by atoms with Gasteiger partial charge in [-0.05, 0) is 17.7 Å². The third-order valence-corrected chi connectivity index (χ3v) is 4.70. The molecule has 0 unspecified atom stereocenters. The highest BCUT2D eigenvalue weighted by Crippen LogP contribution is 2.30. The van der Waals surface area contributed by atoms with Crippen LogP contribution < -0.4 is 26.5 Å². The monoisotopic (exact) mass is 403 g/mol. The second kappa shape index (κ2) is 7.77. The molecule has 0 saturated carbocycles. The first kappa shape index (κ1) is 19.5. The van der Waals surface area contributed by atoms with E-state index >= 15 is 0 Å². The van der Waals surface area contributed by atoms with Crippen LogP contribution in [0.5, 0.6) is 11.5 Å². The summed E-state index contributed by atoms with van der Waals surface area (Å²) in [6, 6.07) is 9.82. The fraction of sp³-hybridized carbons (Fsp3) is 0.211. The van der Waals surface area contributed by atoms with Crippen LogP contribution in [0.2, 0.25) is 5.02 Å². The van der Waals surface area contributed by atoms with Gasteiger partial charge in [-0.2, -0.15) is 0 Å². The van der Waals surface area contributed by atoms with E-state index in [0.29, 0.717) is 22.1 Å². The Morgan fingerprint density at radius 3 is 2.32 bits per heavy atom. The molecule has 0 bridgehead atoms. The van der Waals surface area contributed by atoms with E-state index in [1.165, 1.54) is 26.4 Å². The Bertz CT molecular complexity index is 1180. The maximum absolute atomic E-state index is 13.1. The number of rotatable bonds is 6. The topological polar surface area (TPSA) is 106 Å². The molecule has 0 aliphatic carbocycles. The fourth-order valence-corrected chi connectivity index (χ4v) is 3.18. The van der Waals surface area contributed by atoms with Crippen LogP contribution in [0.15, 0.2) is 46.0 Å². The smallest absolute Gasteiger partial charge is 0.332 e. The SMILES string of the molecule is COc1cc2c(=O)n(Cc3ccccc3Cl)c(=O)n(CC(N)=O)c2cc1OC.